The van der Waals surface area contributed by atoms with Crippen LogP contribution in [0.5, 0.6) is 0 Å². The highest BCUT2D eigenvalue weighted by molar-refractivity contribution is 5.87. The molecule has 0 saturated carbocycles. The molecule has 2 aromatic rings. The molecule has 4 heteroatoms. The van der Waals surface area contributed by atoms with E-state index in [9.17, 15) is 4.79 Å². The van der Waals surface area contributed by atoms with Crippen LogP contribution in [0, 0.1) is 6.92 Å². The number of carbonyl (C=O) groups is 1. The lowest BCUT2D eigenvalue weighted by molar-refractivity contribution is 0.0696. The average molecular weight is 300 g/mol. The van der Waals surface area contributed by atoms with Gasteiger partial charge in [0.05, 0.1) is 5.56 Å². The molecule has 0 amide bonds. The van der Waals surface area contributed by atoms with E-state index in [1.165, 1.54) is 11.9 Å². The summed E-state index contributed by atoms with van der Waals surface area (Å²) in [7, 11) is 0. The fourth-order valence-corrected chi connectivity index (χ4v) is 1.76. The lowest BCUT2D eigenvalue weighted by Crippen LogP contribution is -1.99. The second kappa shape index (κ2) is 8.27. The summed E-state index contributed by atoms with van der Waals surface area (Å²) in [5.74, 6) is -0.0504. The molecule has 2 aromatic heterocycles. The monoisotopic (exact) mass is 300 g/mol. The van der Waals surface area contributed by atoms with E-state index in [2.05, 4.69) is 35.9 Å². The van der Waals surface area contributed by atoms with Gasteiger partial charge in [0.15, 0.2) is 0 Å². The first-order valence-corrected chi connectivity index (χ1v) is 7.44. The van der Waals surface area contributed by atoms with E-state index >= 15 is 0 Å². The molecule has 2 rings (SSSR count). The summed E-state index contributed by atoms with van der Waals surface area (Å²) >= 11 is 0. The summed E-state index contributed by atoms with van der Waals surface area (Å²) in [5.41, 5.74) is 3.44. The predicted octanol–water partition coefficient (Wildman–Crippen LogP) is 4.42. The Hall–Kier alpha value is -2.23. The molecule has 0 atom stereocenters. The molecule has 0 radical (unpaired) electrons. The summed E-state index contributed by atoms with van der Waals surface area (Å²) < 4.78 is 0. The Balaban J connectivity index is 0.000000224. The topological polar surface area (TPSA) is 63.1 Å². The van der Waals surface area contributed by atoms with Crippen molar-refractivity contribution in [3.05, 3.63) is 59.2 Å². The van der Waals surface area contributed by atoms with Gasteiger partial charge in [-0.1, -0.05) is 33.8 Å². The van der Waals surface area contributed by atoms with Gasteiger partial charge in [-0.3, -0.25) is 9.97 Å². The van der Waals surface area contributed by atoms with Gasteiger partial charge in [-0.15, -0.1) is 0 Å². The Morgan fingerprint density at radius 2 is 1.64 bits per heavy atom. The zero-order valence-corrected chi connectivity index (χ0v) is 13.9. The number of carboxylic acids is 1. The van der Waals surface area contributed by atoms with Crippen LogP contribution in [0.1, 0.15) is 67.0 Å². The van der Waals surface area contributed by atoms with Crippen LogP contribution < -0.4 is 0 Å². The number of carboxylic acid groups (broad SMARTS) is 1. The standard InChI is InChI=1S/C9H11NO2.C9H13N/c1-6(2)8-4-3-7(5-10-8)9(11)12;1-7(2)9-6-4-5-8(3)10-9/h3-6H,1-2H3,(H,11,12);4-7H,1-3H3. The van der Waals surface area contributed by atoms with Crippen LogP contribution in [0.15, 0.2) is 36.5 Å². The van der Waals surface area contributed by atoms with Crippen LogP contribution in [-0.4, -0.2) is 21.0 Å². The minimum Gasteiger partial charge on any atom is -0.478 e. The first-order chi connectivity index (χ1) is 10.3. The summed E-state index contributed by atoms with van der Waals surface area (Å²) in [6, 6.07) is 9.46. The second-order valence-electron chi connectivity index (χ2n) is 5.79. The van der Waals surface area contributed by atoms with Gasteiger partial charge in [0, 0.05) is 23.3 Å². The quantitative estimate of drug-likeness (QED) is 0.911. The van der Waals surface area contributed by atoms with Crippen molar-refractivity contribution in [2.45, 2.75) is 46.5 Å². The van der Waals surface area contributed by atoms with Gasteiger partial charge in [0.1, 0.15) is 0 Å². The Morgan fingerprint density at radius 1 is 1.00 bits per heavy atom. The van der Waals surface area contributed by atoms with E-state index in [0.29, 0.717) is 11.8 Å². The normalized spacial score (nSPS) is 10.3. The number of hydrogen-bond acceptors (Lipinski definition) is 3. The molecular weight excluding hydrogens is 276 g/mol. The molecule has 0 aliphatic carbocycles. The van der Waals surface area contributed by atoms with Crippen LogP contribution in [0.2, 0.25) is 0 Å². The van der Waals surface area contributed by atoms with Gasteiger partial charge in [-0.05, 0) is 43.0 Å². The molecule has 0 unspecified atom stereocenters. The number of aryl methyl sites for hydroxylation is 1. The highest BCUT2D eigenvalue weighted by atomic mass is 16.4. The summed E-state index contributed by atoms with van der Waals surface area (Å²) in [6.45, 7) is 10.4. The fourth-order valence-electron chi connectivity index (χ4n) is 1.76. The van der Waals surface area contributed by atoms with E-state index in [1.54, 1.807) is 12.1 Å². The van der Waals surface area contributed by atoms with Crippen molar-refractivity contribution in [3.8, 4) is 0 Å². The minimum absolute atomic E-state index is 0.236. The second-order valence-corrected chi connectivity index (χ2v) is 5.79. The molecule has 0 fully saturated rings. The van der Waals surface area contributed by atoms with Crippen molar-refractivity contribution in [1.29, 1.82) is 0 Å². The Bertz CT molecular complexity index is 605. The third-order valence-corrected chi connectivity index (χ3v) is 3.13. The fraction of sp³-hybridized carbons (Fsp3) is 0.389. The molecule has 0 aliphatic rings. The zero-order chi connectivity index (χ0) is 16.7. The number of nitrogens with zero attached hydrogens (tertiary/aromatic N) is 2. The number of aromatic nitrogens is 2. The van der Waals surface area contributed by atoms with Crippen molar-refractivity contribution in [2.75, 3.05) is 0 Å². The van der Waals surface area contributed by atoms with Gasteiger partial charge in [-0.2, -0.15) is 0 Å². The molecule has 1 N–H and O–H groups in total. The third kappa shape index (κ3) is 5.64. The Labute approximate surface area is 132 Å². The van der Waals surface area contributed by atoms with Crippen molar-refractivity contribution in [3.63, 3.8) is 0 Å². The van der Waals surface area contributed by atoms with Gasteiger partial charge in [-0.25, -0.2) is 4.79 Å². The number of aromatic carboxylic acids is 1. The Morgan fingerprint density at radius 3 is 2.00 bits per heavy atom. The molecular formula is C18H24N2O2. The first kappa shape index (κ1) is 17.8. The lowest BCUT2D eigenvalue weighted by Gasteiger charge is -2.03. The van der Waals surface area contributed by atoms with Crippen molar-refractivity contribution in [1.82, 2.24) is 9.97 Å². The highest BCUT2D eigenvalue weighted by Gasteiger charge is 2.04. The molecule has 22 heavy (non-hydrogen) atoms. The summed E-state index contributed by atoms with van der Waals surface area (Å²) in [6.07, 6.45) is 1.39. The molecule has 0 spiro atoms. The molecule has 0 bridgehead atoms. The summed E-state index contributed by atoms with van der Waals surface area (Å²) in [4.78, 5) is 18.8. The molecule has 0 aromatic carbocycles. The minimum atomic E-state index is -0.933. The van der Waals surface area contributed by atoms with Crippen molar-refractivity contribution in [2.24, 2.45) is 0 Å². The van der Waals surface area contributed by atoms with Gasteiger partial charge >= 0.3 is 5.97 Å². The molecule has 4 nitrogen and oxygen atoms in total. The number of hydrogen-bond donors (Lipinski definition) is 1. The average Bonchev–Trinajstić information content (AvgIpc) is 2.48. The van der Waals surface area contributed by atoms with Gasteiger partial charge < -0.3 is 5.11 Å². The highest BCUT2D eigenvalue weighted by Crippen LogP contribution is 2.11. The molecule has 0 saturated heterocycles. The van der Waals surface area contributed by atoms with Crippen LogP contribution >= 0.6 is 0 Å². The SMILES string of the molecule is CC(C)c1ccc(C(=O)O)cn1.Cc1cccc(C(C)C)n1. The zero-order valence-electron chi connectivity index (χ0n) is 13.9. The Kier molecular flexibility index (Phi) is 6.70. The third-order valence-electron chi connectivity index (χ3n) is 3.13. The largest absolute Gasteiger partial charge is 0.478 e. The summed E-state index contributed by atoms with van der Waals surface area (Å²) in [5, 5.41) is 8.57. The van der Waals surface area contributed by atoms with E-state index < -0.39 is 5.97 Å². The molecule has 118 valence electrons. The smallest absolute Gasteiger partial charge is 0.337 e. The number of rotatable bonds is 3. The van der Waals surface area contributed by atoms with Gasteiger partial charge in [0.25, 0.3) is 0 Å². The van der Waals surface area contributed by atoms with Crippen LogP contribution in [0.3, 0.4) is 0 Å². The van der Waals surface area contributed by atoms with Crippen LogP contribution in [0.25, 0.3) is 0 Å². The van der Waals surface area contributed by atoms with E-state index in [1.807, 2.05) is 26.8 Å². The maximum Gasteiger partial charge on any atom is 0.337 e. The lowest BCUT2D eigenvalue weighted by atomic mass is 10.1. The molecule has 2 heterocycles. The maximum atomic E-state index is 10.4. The number of pyridine rings is 2. The van der Waals surface area contributed by atoms with E-state index in [0.717, 1.165) is 11.4 Å². The van der Waals surface area contributed by atoms with Crippen molar-refractivity contribution < 1.29 is 9.90 Å². The van der Waals surface area contributed by atoms with Crippen molar-refractivity contribution >= 4 is 5.97 Å². The molecule has 0 aliphatic heterocycles. The van der Waals surface area contributed by atoms with E-state index in [-0.39, 0.29) is 5.56 Å². The predicted molar refractivity (Wildman–Crippen MR) is 88.3 cm³/mol. The van der Waals surface area contributed by atoms with Crippen LogP contribution in [0.4, 0.5) is 0 Å². The van der Waals surface area contributed by atoms with Gasteiger partial charge in [0.2, 0.25) is 0 Å². The maximum absolute atomic E-state index is 10.4. The first-order valence-electron chi connectivity index (χ1n) is 7.44. The van der Waals surface area contributed by atoms with E-state index in [4.69, 9.17) is 5.11 Å². The van der Waals surface area contributed by atoms with Crippen LogP contribution in [-0.2, 0) is 0 Å².